The molecule has 1 amide bonds. The number of carbonyl (C=O) groups excluding carboxylic acids is 1. The molecule has 3 heteroatoms. The molecule has 126 valence electrons. The molecule has 21 heavy (non-hydrogen) atoms. The lowest BCUT2D eigenvalue weighted by Gasteiger charge is -2.23. The van der Waals surface area contributed by atoms with E-state index in [1.807, 2.05) is 0 Å². The fourth-order valence-corrected chi connectivity index (χ4v) is 2.88. The first-order valence-corrected chi connectivity index (χ1v) is 9.38. The molecule has 0 aromatic rings. The van der Waals surface area contributed by atoms with E-state index in [9.17, 15) is 4.79 Å². The Morgan fingerprint density at radius 1 is 0.952 bits per heavy atom. The number of alkyl halides is 1. The number of rotatable bonds is 14. The molecule has 0 unspecified atom stereocenters. The molecule has 0 aromatic heterocycles. The van der Waals surface area contributed by atoms with Crippen molar-refractivity contribution < 1.29 is 4.79 Å². The highest BCUT2D eigenvalue weighted by molar-refractivity contribution is 6.17. The SMILES string of the molecule is CCCCCCCCCCCC(=O)NCC(C)(C)CCCl. The Balaban J connectivity index is 3.38. The molecule has 0 fully saturated rings. The van der Waals surface area contributed by atoms with E-state index in [0.29, 0.717) is 12.3 Å². The minimum Gasteiger partial charge on any atom is -0.356 e. The Bertz CT molecular complexity index is 254. The number of nitrogens with one attached hydrogen (secondary N) is 1. The average Bonchev–Trinajstić information content (AvgIpc) is 2.43. The maximum Gasteiger partial charge on any atom is 0.220 e. The van der Waals surface area contributed by atoms with Crippen molar-refractivity contribution in [3.63, 3.8) is 0 Å². The smallest absolute Gasteiger partial charge is 0.220 e. The van der Waals surface area contributed by atoms with Crippen molar-refractivity contribution in [2.45, 2.75) is 91.4 Å². The van der Waals surface area contributed by atoms with Gasteiger partial charge in [-0.1, -0.05) is 72.1 Å². The van der Waals surface area contributed by atoms with Gasteiger partial charge in [0.2, 0.25) is 5.91 Å². The quantitative estimate of drug-likeness (QED) is 0.324. The standard InChI is InChI=1S/C18H36ClNO/c1-4-5-6-7-8-9-10-11-12-13-17(21)20-16-18(2,3)14-15-19/h4-16H2,1-3H3,(H,20,21). The van der Waals surface area contributed by atoms with Gasteiger partial charge in [0, 0.05) is 18.8 Å². The number of hydrogen-bond acceptors (Lipinski definition) is 1. The lowest BCUT2D eigenvalue weighted by molar-refractivity contribution is -0.121. The van der Waals surface area contributed by atoms with Gasteiger partial charge in [-0.3, -0.25) is 4.79 Å². The summed E-state index contributed by atoms with van der Waals surface area (Å²) in [6, 6.07) is 0. The Morgan fingerprint density at radius 2 is 1.48 bits per heavy atom. The summed E-state index contributed by atoms with van der Waals surface area (Å²) in [5, 5.41) is 3.04. The predicted octanol–water partition coefficient (Wildman–Crippen LogP) is 5.68. The second-order valence-electron chi connectivity index (χ2n) is 6.96. The lowest BCUT2D eigenvalue weighted by atomic mass is 9.90. The first-order chi connectivity index (χ1) is 10.0. The highest BCUT2D eigenvalue weighted by atomic mass is 35.5. The summed E-state index contributed by atoms with van der Waals surface area (Å²) < 4.78 is 0. The second kappa shape index (κ2) is 13.4. The summed E-state index contributed by atoms with van der Waals surface area (Å²) in [5.41, 5.74) is 0.107. The van der Waals surface area contributed by atoms with E-state index in [1.165, 1.54) is 51.4 Å². The van der Waals surface area contributed by atoms with Gasteiger partial charge in [0.05, 0.1) is 0 Å². The van der Waals surface area contributed by atoms with Crippen LogP contribution in [0.3, 0.4) is 0 Å². The fraction of sp³-hybridized carbons (Fsp3) is 0.944. The van der Waals surface area contributed by atoms with E-state index >= 15 is 0 Å². The average molecular weight is 318 g/mol. The molecule has 0 bridgehead atoms. The van der Waals surface area contributed by atoms with Gasteiger partial charge in [-0.15, -0.1) is 11.6 Å². The zero-order chi connectivity index (χ0) is 16.0. The van der Waals surface area contributed by atoms with Gasteiger partial charge < -0.3 is 5.32 Å². The monoisotopic (exact) mass is 317 g/mol. The maximum absolute atomic E-state index is 11.8. The first-order valence-electron chi connectivity index (χ1n) is 8.84. The molecule has 0 heterocycles. The molecule has 0 aromatic carbocycles. The molecule has 0 saturated heterocycles. The van der Waals surface area contributed by atoms with Crippen LogP contribution in [-0.2, 0) is 4.79 Å². The van der Waals surface area contributed by atoms with Crippen LogP contribution in [0.2, 0.25) is 0 Å². The van der Waals surface area contributed by atoms with Gasteiger partial charge in [0.1, 0.15) is 0 Å². The van der Waals surface area contributed by atoms with E-state index in [4.69, 9.17) is 11.6 Å². The molecule has 0 aliphatic rings. The zero-order valence-corrected chi connectivity index (χ0v) is 15.2. The van der Waals surface area contributed by atoms with Gasteiger partial charge >= 0.3 is 0 Å². The maximum atomic E-state index is 11.8. The number of hydrogen-bond donors (Lipinski definition) is 1. The van der Waals surface area contributed by atoms with Crippen molar-refractivity contribution in [2.24, 2.45) is 5.41 Å². The van der Waals surface area contributed by atoms with E-state index in [2.05, 4.69) is 26.1 Å². The number of carbonyl (C=O) groups is 1. The minimum absolute atomic E-state index is 0.107. The van der Waals surface area contributed by atoms with Crippen molar-refractivity contribution in [1.29, 1.82) is 0 Å². The summed E-state index contributed by atoms with van der Waals surface area (Å²) >= 11 is 5.76. The van der Waals surface area contributed by atoms with Crippen LogP contribution in [0.15, 0.2) is 0 Å². The predicted molar refractivity (Wildman–Crippen MR) is 94.0 cm³/mol. The molecule has 1 N–H and O–H groups in total. The largest absolute Gasteiger partial charge is 0.356 e. The molecular weight excluding hydrogens is 282 g/mol. The van der Waals surface area contributed by atoms with E-state index in [1.54, 1.807) is 0 Å². The fourth-order valence-electron chi connectivity index (χ4n) is 2.37. The highest BCUT2D eigenvalue weighted by Gasteiger charge is 2.17. The second-order valence-corrected chi connectivity index (χ2v) is 7.34. The molecule has 0 rings (SSSR count). The highest BCUT2D eigenvalue weighted by Crippen LogP contribution is 2.19. The van der Waals surface area contributed by atoms with Crippen LogP contribution < -0.4 is 5.32 Å². The number of halogens is 1. The lowest BCUT2D eigenvalue weighted by Crippen LogP contribution is -2.34. The van der Waals surface area contributed by atoms with Gasteiger partial charge in [-0.2, -0.15) is 0 Å². The van der Waals surface area contributed by atoms with Gasteiger partial charge in [-0.05, 0) is 18.3 Å². The first kappa shape index (κ1) is 20.8. The number of amides is 1. The van der Waals surface area contributed by atoms with Crippen molar-refractivity contribution >= 4 is 17.5 Å². The van der Waals surface area contributed by atoms with Crippen molar-refractivity contribution in [2.75, 3.05) is 12.4 Å². The third kappa shape index (κ3) is 14.5. The summed E-state index contributed by atoms with van der Waals surface area (Å²) in [7, 11) is 0. The third-order valence-corrected chi connectivity index (χ3v) is 4.23. The van der Waals surface area contributed by atoms with Crippen molar-refractivity contribution in [3.05, 3.63) is 0 Å². The molecule has 0 atom stereocenters. The molecule has 0 spiro atoms. The Hall–Kier alpha value is -0.240. The Kier molecular flexibility index (Phi) is 13.3. The molecule has 0 aliphatic heterocycles. The van der Waals surface area contributed by atoms with Crippen LogP contribution in [-0.4, -0.2) is 18.3 Å². The molecule has 2 nitrogen and oxygen atoms in total. The van der Waals surface area contributed by atoms with Crippen LogP contribution in [0.5, 0.6) is 0 Å². The zero-order valence-electron chi connectivity index (χ0n) is 14.5. The van der Waals surface area contributed by atoms with Gasteiger partial charge in [-0.25, -0.2) is 0 Å². The summed E-state index contributed by atoms with van der Waals surface area (Å²) in [4.78, 5) is 11.8. The molecular formula is C18H36ClNO. The van der Waals surface area contributed by atoms with Crippen molar-refractivity contribution in [3.8, 4) is 0 Å². The van der Waals surface area contributed by atoms with Crippen molar-refractivity contribution in [1.82, 2.24) is 5.32 Å². The van der Waals surface area contributed by atoms with E-state index < -0.39 is 0 Å². The Morgan fingerprint density at radius 3 is 2.00 bits per heavy atom. The Labute approximate surface area is 137 Å². The molecule has 0 aliphatic carbocycles. The topological polar surface area (TPSA) is 29.1 Å². The summed E-state index contributed by atoms with van der Waals surface area (Å²) in [6.45, 7) is 7.28. The molecule has 0 radical (unpaired) electrons. The normalized spacial score (nSPS) is 11.6. The van der Waals surface area contributed by atoms with Crippen LogP contribution >= 0.6 is 11.6 Å². The van der Waals surface area contributed by atoms with E-state index in [-0.39, 0.29) is 11.3 Å². The minimum atomic E-state index is 0.107. The van der Waals surface area contributed by atoms with E-state index in [0.717, 1.165) is 19.4 Å². The number of unbranched alkanes of at least 4 members (excludes halogenated alkanes) is 8. The van der Waals surface area contributed by atoms with Crippen LogP contribution in [0, 0.1) is 5.41 Å². The van der Waals surface area contributed by atoms with Crippen LogP contribution in [0.25, 0.3) is 0 Å². The van der Waals surface area contributed by atoms with Crippen LogP contribution in [0.1, 0.15) is 91.4 Å². The van der Waals surface area contributed by atoms with Gasteiger partial charge in [0.25, 0.3) is 0 Å². The third-order valence-electron chi connectivity index (χ3n) is 4.04. The molecule has 0 saturated carbocycles. The van der Waals surface area contributed by atoms with Gasteiger partial charge in [0.15, 0.2) is 0 Å². The summed E-state index contributed by atoms with van der Waals surface area (Å²) in [6.07, 6.45) is 13.2. The van der Waals surface area contributed by atoms with Crippen LogP contribution in [0.4, 0.5) is 0 Å². The summed E-state index contributed by atoms with van der Waals surface area (Å²) in [5.74, 6) is 0.849.